The molecule has 0 radical (unpaired) electrons. The Morgan fingerprint density at radius 1 is 0.821 bits per heavy atom. The van der Waals surface area contributed by atoms with Crippen molar-refractivity contribution in [1.82, 2.24) is 10.2 Å². The van der Waals surface area contributed by atoms with Gasteiger partial charge in [0.2, 0.25) is 11.8 Å². The summed E-state index contributed by atoms with van der Waals surface area (Å²) in [6, 6.07) is 22.2. The molecule has 6 heteroatoms. The van der Waals surface area contributed by atoms with Gasteiger partial charge in [-0.2, -0.15) is 0 Å². The van der Waals surface area contributed by atoms with Crippen LogP contribution in [-0.4, -0.2) is 16.2 Å². The molecule has 4 aromatic rings. The van der Waals surface area contributed by atoms with E-state index in [-0.39, 0.29) is 6.61 Å². The van der Waals surface area contributed by atoms with E-state index in [4.69, 9.17) is 9.15 Å². The lowest BCUT2D eigenvalue weighted by molar-refractivity contribution is 0.0469. The fourth-order valence-corrected chi connectivity index (χ4v) is 2.63. The molecule has 3 aromatic carbocycles. The molecule has 0 aliphatic heterocycles. The number of ether oxygens (including phenoxy) is 1. The minimum absolute atomic E-state index is 0.128. The lowest BCUT2D eigenvalue weighted by Gasteiger charge is -2.06. The predicted octanol–water partition coefficient (Wildman–Crippen LogP) is 4.90. The van der Waals surface area contributed by atoms with E-state index in [1.807, 2.05) is 30.3 Å². The van der Waals surface area contributed by atoms with Gasteiger partial charge in [-0.1, -0.05) is 36.4 Å². The van der Waals surface area contributed by atoms with Crippen molar-refractivity contribution >= 4 is 5.97 Å². The van der Waals surface area contributed by atoms with Gasteiger partial charge in [-0.25, -0.2) is 9.18 Å². The first-order chi connectivity index (χ1) is 13.7. The van der Waals surface area contributed by atoms with Crippen molar-refractivity contribution in [3.05, 3.63) is 95.8 Å². The normalized spacial score (nSPS) is 10.6. The molecule has 0 spiro atoms. The molecule has 1 heterocycles. The third-order valence-corrected chi connectivity index (χ3v) is 4.13. The first kappa shape index (κ1) is 17.6. The Bertz CT molecular complexity index is 1090. The van der Waals surface area contributed by atoms with Crippen LogP contribution in [0.2, 0.25) is 0 Å². The molecule has 0 fully saturated rings. The van der Waals surface area contributed by atoms with Gasteiger partial charge in [0.05, 0.1) is 5.56 Å². The Labute approximate surface area is 160 Å². The highest BCUT2D eigenvalue weighted by atomic mass is 19.1. The SMILES string of the molecule is O=C(OCc1ccccc1F)c1ccc(-c2nnc(-c3ccccc3)o2)cc1. The lowest BCUT2D eigenvalue weighted by Crippen LogP contribution is -2.06. The molecule has 0 amide bonds. The Morgan fingerprint density at radius 3 is 2.11 bits per heavy atom. The summed E-state index contributed by atoms with van der Waals surface area (Å²) < 4.78 is 24.5. The molecule has 0 aliphatic carbocycles. The maximum Gasteiger partial charge on any atom is 0.338 e. The third-order valence-electron chi connectivity index (χ3n) is 4.13. The van der Waals surface area contributed by atoms with Gasteiger partial charge in [-0.3, -0.25) is 0 Å². The predicted molar refractivity (Wildman–Crippen MR) is 101 cm³/mol. The van der Waals surface area contributed by atoms with E-state index >= 15 is 0 Å². The number of hydrogen-bond donors (Lipinski definition) is 0. The monoisotopic (exact) mass is 374 g/mol. The van der Waals surface area contributed by atoms with E-state index in [2.05, 4.69) is 10.2 Å². The van der Waals surface area contributed by atoms with Crippen LogP contribution in [0.5, 0.6) is 0 Å². The maximum atomic E-state index is 13.6. The minimum atomic E-state index is -0.537. The lowest BCUT2D eigenvalue weighted by atomic mass is 10.1. The van der Waals surface area contributed by atoms with Crippen molar-refractivity contribution in [3.8, 4) is 22.9 Å². The van der Waals surface area contributed by atoms with Gasteiger partial charge in [-0.05, 0) is 42.5 Å². The van der Waals surface area contributed by atoms with E-state index in [1.54, 1.807) is 42.5 Å². The van der Waals surface area contributed by atoms with Gasteiger partial charge >= 0.3 is 5.97 Å². The van der Waals surface area contributed by atoms with Gasteiger partial charge in [0, 0.05) is 16.7 Å². The number of halogens is 1. The molecule has 1 aromatic heterocycles. The summed E-state index contributed by atoms with van der Waals surface area (Å²) in [5.74, 6) is -0.171. The molecule has 0 saturated carbocycles. The number of esters is 1. The Kier molecular flexibility index (Phi) is 4.93. The summed E-state index contributed by atoms with van der Waals surface area (Å²) in [4.78, 5) is 12.2. The average molecular weight is 374 g/mol. The van der Waals surface area contributed by atoms with Crippen LogP contribution in [0.4, 0.5) is 4.39 Å². The third kappa shape index (κ3) is 3.81. The zero-order valence-corrected chi connectivity index (χ0v) is 14.7. The van der Waals surface area contributed by atoms with Crippen molar-refractivity contribution in [1.29, 1.82) is 0 Å². The second-order valence-corrected chi connectivity index (χ2v) is 6.02. The fourth-order valence-electron chi connectivity index (χ4n) is 2.63. The van der Waals surface area contributed by atoms with Gasteiger partial charge in [-0.15, -0.1) is 10.2 Å². The summed E-state index contributed by atoms with van der Waals surface area (Å²) in [5, 5.41) is 8.10. The molecule has 28 heavy (non-hydrogen) atoms. The summed E-state index contributed by atoms with van der Waals surface area (Å²) >= 11 is 0. The number of carbonyl (C=O) groups is 1. The van der Waals surface area contributed by atoms with Crippen LogP contribution in [0.3, 0.4) is 0 Å². The van der Waals surface area contributed by atoms with Crippen LogP contribution in [-0.2, 0) is 11.3 Å². The van der Waals surface area contributed by atoms with Crippen molar-refractivity contribution in [2.45, 2.75) is 6.61 Å². The van der Waals surface area contributed by atoms with Crippen molar-refractivity contribution in [2.24, 2.45) is 0 Å². The van der Waals surface area contributed by atoms with Crippen LogP contribution < -0.4 is 0 Å². The Morgan fingerprint density at radius 2 is 1.43 bits per heavy atom. The van der Waals surface area contributed by atoms with Gasteiger partial charge in [0.15, 0.2) is 0 Å². The average Bonchev–Trinajstić information content (AvgIpc) is 3.24. The highest BCUT2D eigenvalue weighted by Gasteiger charge is 2.13. The molecule has 0 unspecified atom stereocenters. The van der Waals surface area contributed by atoms with E-state index in [1.165, 1.54) is 6.07 Å². The molecular weight excluding hydrogens is 359 g/mol. The second kappa shape index (κ2) is 7.84. The highest BCUT2D eigenvalue weighted by Crippen LogP contribution is 2.24. The molecule has 0 N–H and O–H groups in total. The molecule has 0 bridgehead atoms. The van der Waals surface area contributed by atoms with Gasteiger partial charge in [0.1, 0.15) is 12.4 Å². The van der Waals surface area contributed by atoms with Crippen LogP contribution in [0.1, 0.15) is 15.9 Å². The van der Waals surface area contributed by atoms with E-state index in [0.717, 1.165) is 5.56 Å². The topological polar surface area (TPSA) is 65.2 Å². The van der Waals surface area contributed by atoms with Crippen LogP contribution >= 0.6 is 0 Å². The van der Waals surface area contributed by atoms with Gasteiger partial charge < -0.3 is 9.15 Å². The number of hydrogen-bond acceptors (Lipinski definition) is 5. The first-order valence-electron chi connectivity index (χ1n) is 8.60. The molecule has 0 saturated heterocycles. The van der Waals surface area contributed by atoms with Crippen molar-refractivity contribution < 1.29 is 18.3 Å². The molecule has 138 valence electrons. The largest absolute Gasteiger partial charge is 0.457 e. The second-order valence-electron chi connectivity index (χ2n) is 6.02. The molecule has 0 atom stereocenters. The van der Waals surface area contributed by atoms with E-state index in [0.29, 0.717) is 28.5 Å². The molecule has 4 rings (SSSR count). The van der Waals surface area contributed by atoms with Crippen molar-refractivity contribution in [2.75, 3.05) is 0 Å². The number of nitrogens with zero attached hydrogens (tertiary/aromatic N) is 2. The maximum absolute atomic E-state index is 13.6. The first-order valence-corrected chi connectivity index (χ1v) is 8.60. The van der Waals surface area contributed by atoms with Crippen molar-refractivity contribution in [3.63, 3.8) is 0 Å². The number of carbonyl (C=O) groups excluding carboxylic acids is 1. The van der Waals surface area contributed by atoms with E-state index in [9.17, 15) is 9.18 Å². The summed E-state index contributed by atoms with van der Waals surface area (Å²) in [6.45, 7) is -0.128. The fraction of sp³-hybridized carbons (Fsp3) is 0.0455. The Balaban J connectivity index is 1.44. The van der Waals surface area contributed by atoms with Crippen LogP contribution in [0.25, 0.3) is 22.9 Å². The Hall–Kier alpha value is -3.80. The minimum Gasteiger partial charge on any atom is -0.457 e. The van der Waals surface area contributed by atoms with Gasteiger partial charge in [0.25, 0.3) is 0 Å². The number of benzene rings is 3. The highest BCUT2D eigenvalue weighted by molar-refractivity contribution is 5.89. The zero-order chi connectivity index (χ0) is 19.3. The van der Waals surface area contributed by atoms with Crippen LogP contribution in [0, 0.1) is 5.82 Å². The zero-order valence-electron chi connectivity index (χ0n) is 14.7. The summed E-state index contributed by atoms with van der Waals surface area (Å²) in [5.41, 5.74) is 2.18. The molecule has 0 aliphatic rings. The molecular formula is C22H15FN2O3. The number of rotatable bonds is 5. The standard InChI is InChI=1S/C22H15FN2O3/c23-19-9-5-4-8-18(19)14-27-22(26)17-12-10-16(11-13-17)21-25-24-20(28-21)15-6-2-1-3-7-15/h1-13H,14H2. The van der Waals surface area contributed by atoms with Crippen LogP contribution in [0.15, 0.2) is 83.3 Å². The summed E-state index contributed by atoms with van der Waals surface area (Å²) in [6.07, 6.45) is 0. The quantitative estimate of drug-likeness (QED) is 0.465. The summed E-state index contributed by atoms with van der Waals surface area (Å²) in [7, 11) is 0. The number of aromatic nitrogens is 2. The van der Waals surface area contributed by atoms with E-state index < -0.39 is 11.8 Å². The molecule has 5 nitrogen and oxygen atoms in total. The smallest absolute Gasteiger partial charge is 0.338 e.